The first kappa shape index (κ1) is 15.7. The summed E-state index contributed by atoms with van der Waals surface area (Å²) in [4.78, 5) is 3.74. The Morgan fingerprint density at radius 2 is 2.19 bits per heavy atom. The maximum atomic E-state index is 14.0. The SMILES string of the molecule is C[C@@H](S(C)=O)[C@](O)(Cn1cncn1)c1cc(F)ccc1F. The molecule has 2 aromatic rings. The van der Waals surface area contributed by atoms with Gasteiger partial charge in [-0.1, -0.05) is 0 Å². The summed E-state index contributed by atoms with van der Waals surface area (Å²) in [5, 5.41) is 13.9. The van der Waals surface area contributed by atoms with Gasteiger partial charge in [0.1, 0.15) is 29.9 Å². The van der Waals surface area contributed by atoms with Crippen molar-refractivity contribution in [3.8, 4) is 0 Å². The summed E-state index contributed by atoms with van der Waals surface area (Å²) in [6.07, 6.45) is 4.00. The minimum atomic E-state index is -1.88. The van der Waals surface area contributed by atoms with Crippen molar-refractivity contribution in [3.05, 3.63) is 48.1 Å². The summed E-state index contributed by atoms with van der Waals surface area (Å²) in [7, 11) is -1.46. The lowest BCUT2D eigenvalue weighted by molar-refractivity contribution is 0.0120. The predicted octanol–water partition coefficient (Wildman–Crippen LogP) is 1.21. The van der Waals surface area contributed by atoms with Crippen molar-refractivity contribution in [1.29, 1.82) is 0 Å². The van der Waals surface area contributed by atoms with E-state index in [0.717, 1.165) is 18.2 Å². The van der Waals surface area contributed by atoms with Crippen LogP contribution in [0.4, 0.5) is 8.78 Å². The van der Waals surface area contributed by atoms with Crippen molar-refractivity contribution in [1.82, 2.24) is 14.8 Å². The smallest absolute Gasteiger partial charge is 0.137 e. The first-order valence-electron chi connectivity index (χ1n) is 6.17. The number of benzene rings is 1. The number of nitrogens with zero attached hydrogens (tertiary/aromatic N) is 3. The number of aromatic nitrogens is 3. The molecule has 5 nitrogen and oxygen atoms in total. The number of hydrogen-bond acceptors (Lipinski definition) is 4. The molecule has 21 heavy (non-hydrogen) atoms. The molecular weight excluding hydrogens is 300 g/mol. The summed E-state index contributed by atoms with van der Waals surface area (Å²) >= 11 is 0. The molecule has 1 aromatic heterocycles. The molecule has 8 heteroatoms. The molecular formula is C13H15F2N3O2S. The van der Waals surface area contributed by atoms with Crippen molar-refractivity contribution in [2.24, 2.45) is 0 Å². The molecule has 0 aliphatic heterocycles. The molecule has 0 amide bonds. The highest BCUT2D eigenvalue weighted by Gasteiger charge is 2.41. The first-order chi connectivity index (χ1) is 9.84. The second kappa shape index (κ2) is 5.98. The Morgan fingerprint density at radius 1 is 1.48 bits per heavy atom. The van der Waals surface area contributed by atoms with Gasteiger partial charge in [-0.2, -0.15) is 5.10 Å². The lowest BCUT2D eigenvalue weighted by Gasteiger charge is -2.33. The van der Waals surface area contributed by atoms with Gasteiger partial charge in [0.15, 0.2) is 0 Å². The first-order valence-corrected chi connectivity index (χ1v) is 7.79. The zero-order chi connectivity index (χ0) is 15.6. The van der Waals surface area contributed by atoms with Crippen LogP contribution in [0.3, 0.4) is 0 Å². The van der Waals surface area contributed by atoms with Gasteiger partial charge in [0.2, 0.25) is 0 Å². The fraction of sp³-hybridized carbons (Fsp3) is 0.385. The zero-order valence-electron chi connectivity index (χ0n) is 11.5. The highest BCUT2D eigenvalue weighted by molar-refractivity contribution is 7.84. The average molecular weight is 315 g/mol. The van der Waals surface area contributed by atoms with Crippen LogP contribution >= 0.6 is 0 Å². The molecule has 2 rings (SSSR count). The summed E-state index contributed by atoms with van der Waals surface area (Å²) in [6.45, 7) is 1.32. The molecule has 0 saturated heterocycles. The van der Waals surface area contributed by atoms with E-state index in [9.17, 15) is 18.1 Å². The molecule has 1 aromatic carbocycles. The van der Waals surface area contributed by atoms with Crippen molar-refractivity contribution < 1.29 is 18.1 Å². The second-order valence-corrected chi connectivity index (χ2v) is 6.49. The topological polar surface area (TPSA) is 68.0 Å². The quantitative estimate of drug-likeness (QED) is 0.900. The van der Waals surface area contributed by atoms with Crippen LogP contribution in [0.2, 0.25) is 0 Å². The molecule has 0 aliphatic carbocycles. The third-order valence-corrected chi connectivity index (χ3v) is 4.82. The summed E-state index contributed by atoms with van der Waals surface area (Å²) < 4.78 is 40.5. The van der Waals surface area contributed by atoms with E-state index in [2.05, 4.69) is 10.1 Å². The normalized spacial score (nSPS) is 17.2. The molecule has 0 bridgehead atoms. The minimum Gasteiger partial charge on any atom is -0.382 e. The van der Waals surface area contributed by atoms with Gasteiger partial charge in [-0.15, -0.1) is 0 Å². The van der Waals surface area contributed by atoms with Crippen LogP contribution < -0.4 is 0 Å². The number of rotatable bonds is 5. The number of aliphatic hydroxyl groups is 1. The Morgan fingerprint density at radius 3 is 2.76 bits per heavy atom. The molecule has 0 saturated carbocycles. The summed E-state index contributed by atoms with van der Waals surface area (Å²) in [5.41, 5.74) is -2.12. The van der Waals surface area contributed by atoms with Gasteiger partial charge < -0.3 is 5.11 Å². The van der Waals surface area contributed by atoms with Crippen LogP contribution in [0.5, 0.6) is 0 Å². The molecule has 0 aliphatic rings. The third kappa shape index (κ3) is 3.16. The van der Waals surface area contributed by atoms with Gasteiger partial charge in [0.25, 0.3) is 0 Å². The lowest BCUT2D eigenvalue weighted by Crippen LogP contribution is -2.44. The molecule has 0 fully saturated rings. The van der Waals surface area contributed by atoms with Gasteiger partial charge in [-0.25, -0.2) is 18.4 Å². The molecule has 0 spiro atoms. The standard InChI is InChI=1S/C13H15F2N3O2S/c1-9(21(2)20)13(19,6-18-8-16-7-17-18)11-5-10(14)3-4-12(11)15/h3-5,7-9,19H,6H2,1-2H3/t9-,13-,21?/m1/s1. The van der Waals surface area contributed by atoms with Gasteiger partial charge >= 0.3 is 0 Å². The minimum absolute atomic E-state index is 0.186. The maximum Gasteiger partial charge on any atom is 0.137 e. The van der Waals surface area contributed by atoms with Gasteiger partial charge in [0, 0.05) is 22.6 Å². The largest absolute Gasteiger partial charge is 0.382 e. The van der Waals surface area contributed by atoms with Crippen LogP contribution in [0.15, 0.2) is 30.9 Å². The predicted molar refractivity (Wildman–Crippen MR) is 73.8 cm³/mol. The second-order valence-electron chi connectivity index (χ2n) is 4.78. The number of halogens is 2. The molecule has 1 heterocycles. The molecule has 3 atom stereocenters. The highest BCUT2D eigenvalue weighted by atomic mass is 32.2. The number of hydrogen-bond donors (Lipinski definition) is 1. The Hall–Kier alpha value is -1.67. The van der Waals surface area contributed by atoms with E-state index < -0.39 is 33.3 Å². The Bertz CT molecular complexity index is 651. The van der Waals surface area contributed by atoms with E-state index in [1.165, 1.54) is 30.5 Å². The lowest BCUT2D eigenvalue weighted by atomic mass is 9.90. The van der Waals surface area contributed by atoms with E-state index in [-0.39, 0.29) is 12.1 Å². The van der Waals surface area contributed by atoms with E-state index in [4.69, 9.17) is 0 Å². The molecule has 0 radical (unpaired) electrons. The Balaban J connectivity index is 2.54. The Labute approximate surface area is 123 Å². The van der Waals surface area contributed by atoms with Crippen LogP contribution in [0, 0.1) is 11.6 Å². The van der Waals surface area contributed by atoms with Crippen LogP contribution in [0.1, 0.15) is 12.5 Å². The van der Waals surface area contributed by atoms with Crippen molar-refractivity contribution in [3.63, 3.8) is 0 Å². The molecule has 1 N–H and O–H groups in total. The average Bonchev–Trinajstić information content (AvgIpc) is 2.93. The van der Waals surface area contributed by atoms with Crippen LogP contribution in [-0.2, 0) is 22.9 Å². The van der Waals surface area contributed by atoms with Crippen LogP contribution in [0.25, 0.3) is 0 Å². The van der Waals surface area contributed by atoms with Crippen LogP contribution in [-0.4, -0.2) is 35.6 Å². The van der Waals surface area contributed by atoms with Gasteiger partial charge in [0.05, 0.1) is 11.8 Å². The van der Waals surface area contributed by atoms with E-state index in [1.54, 1.807) is 0 Å². The summed E-state index contributed by atoms with van der Waals surface area (Å²) in [6, 6.07) is 2.81. The molecule has 114 valence electrons. The van der Waals surface area contributed by atoms with E-state index in [0.29, 0.717) is 0 Å². The Kier molecular flexibility index (Phi) is 4.48. The fourth-order valence-electron chi connectivity index (χ4n) is 2.10. The zero-order valence-corrected chi connectivity index (χ0v) is 12.3. The molecule has 1 unspecified atom stereocenters. The maximum absolute atomic E-state index is 14.0. The highest BCUT2D eigenvalue weighted by Crippen LogP contribution is 2.32. The van der Waals surface area contributed by atoms with Crippen molar-refractivity contribution in [2.45, 2.75) is 24.3 Å². The van der Waals surface area contributed by atoms with Gasteiger partial charge in [-0.05, 0) is 25.1 Å². The van der Waals surface area contributed by atoms with Crippen molar-refractivity contribution >= 4 is 10.8 Å². The monoisotopic (exact) mass is 315 g/mol. The van der Waals surface area contributed by atoms with E-state index >= 15 is 0 Å². The summed E-state index contributed by atoms with van der Waals surface area (Å²) in [5.74, 6) is -1.45. The van der Waals surface area contributed by atoms with Gasteiger partial charge in [-0.3, -0.25) is 4.21 Å². The fourth-order valence-corrected chi connectivity index (χ4v) is 2.85. The third-order valence-electron chi connectivity index (χ3n) is 3.43. The van der Waals surface area contributed by atoms with E-state index in [1.807, 2.05) is 0 Å². The van der Waals surface area contributed by atoms with Crippen molar-refractivity contribution in [2.75, 3.05) is 6.26 Å².